The minimum absolute atomic E-state index is 0. The fourth-order valence-electron chi connectivity index (χ4n) is 0.311. The SMILES string of the molecule is B.Pc1cnccn1. The normalized spacial score (nSPS) is 7.62. The van der Waals surface area contributed by atoms with Gasteiger partial charge in [0, 0.05) is 12.4 Å². The van der Waals surface area contributed by atoms with Gasteiger partial charge >= 0.3 is 0 Å². The van der Waals surface area contributed by atoms with Crippen LogP contribution >= 0.6 is 9.24 Å². The standard InChI is InChI=1S/C4H5N2P.BH3/c7-4-3-5-1-2-6-4;/h1-3H,7H2;1H3. The molecule has 1 rings (SSSR count). The van der Waals surface area contributed by atoms with E-state index in [-0.39, 0.29) is 8.41 Å². The van der Waals surface area contributed by atoms with Gasteiger partial charge in [-0.05, 0) is 0 Å². The summed E-state index contributed by atoms with van der Waals surface area (Å²) >= 11 is 0. The van der Waals surface area contributed by atoms with Crippen LogP contribution in [0.25, 0.3) is 0 Å². The number of hydrogen-bond acceptors (Lipinski definition) is 2. The molecular weight excluding hydrogens is 118 g/mol. The minimum atomic E-state index is 0. The highest BCUT2D eigenvalue weighted by molar-refractivity contribution is 7.26. The van der Waals surface area contributed by atoms with E-state index in [0.717, 1.165) is 5.44 Å². The zero-order valence-electron chi connectivity index (χ0n) is 3.70. The molecule has 1 atom stereocenters. The molecule has 0 saturated heterocycles. The summed E-state index contributed by atoms with van der Waals surface area (Å²) in [5, 5.41) is 0. The molecule has 1 aromatic heterocycles. The lowest BCUT2D eigenvalue weighted by atomic mass is 10.8. The Labute approximate surface area is 52.5 Å². The first-order valence-corrected chi connectivity index (χ1v) is 2.49. The van der Waals surface area contributed by atoms with Crippen molar-refractivity contribution in [3.05, 3.63) is 18.6 Å². The smallest absolute Gasteiger partial charge is 0.0814 e. The van der Waals surface area contributed by atoms with E-state index in [9.17, 15) is 0 Å². The van der Waals surface area contributed by atoms with Crippen molar-refractivity contribution in [2.45, 2.75) is 0 Å². The molecule has 42 valence electrons. The molecule has 0 aliphatic carbocycles. The predicted molar refractivity (Wildman–Crippen MR) is 41.3 cm³/mol. The first-order chi connectivity index (χ1) is 3.39. The van der Waals surface area contributed by atoms with E-state index in [2.05, 4.69) is 19.2 Å². The van der Waals surface area contributed by atoms with Gasteiger partial charge in [-0.1, -0.05) is 9.24 Å². The van der Waals surface area contributed by atoms with Crippen LogP contribution in [0.4, 0.5) is 0 Å². The van der Waals surface area contributed by atoms with Crippen molar-refractivity contribution in [2.75, 3.05) is 0 Å². The van der Waals surface area contributed by atoms with Crippen molar-refractivity contribution in [1.29, 1.82) is 0 Å². The zero-order valence-corrected chi connectivity index (χ0v) is 4.86. The third-order valence-corrected chi connectivity index (χ3v) is 0.881. The molecule has 0 spiro atoms. The Kier molecular flexibility index (Phi) is 3.37. The van der Waals surface area contributed by atoms with Crippen LogP contribution in [0.2, 0.25) is 0 Å². The van der Waals surface area contributed by atoms with Crippen molar-refractivity contribution >= 4 is 23.1 Å². The second kappa shape index (κ2) is 3.56. The first kappa shape index (κ1) is 7.57. The van der Waals surface area contributed by atoms with Crippen molar-refractivity contribution in [2.24, 2.45) is 0 Å². The van der Waals surface area contributed by atoms with Crippen LogP contribution in [0.15, 0.2) is 18.6 Å². The predicted octanol–water partition coefficient (Wildman–Crippen LogP) is -1.21. The summed E-state index contributed by atoms with van der Waals surface area (Å²) in [7, 11) is 2.46. The van der Waals surface area contributed by atoms with E-state index >= 15 is 0 Å². The van der Waals surface area contributed by atoms with E-state index in [1.165, 1.54) is 0 Å². The molecule has 0 aromatic carbocycles. The lowest BCUT2D eigenvalue weighted by molar-refractivity contribution is 1.25. The van der Waals surface area contributed by atoms with Gasteiger partial charge in [-0.15, -0.1) is 0 Å². The molecule has 0 saturated carbocycles. The zero-order chi connectivity index (χ0) is 5.11. The molecule has 8 heavy (non-hydrogen) atoms. The maximum absolute atomic E-state index is 3.88. The number of hydrogen-bond donors (Lipinski definition) is 0. The van der Waals surface area contributed by atoms with Gasteiger partial charge in [-0.2, -0.15) is 0 Å². The summed E-state index contributed by atoms with van der Waals surface area (Å²) in [6.07, 6.45) is 4.99. The average molecular weight is 126 g/mol. The van der Waals surface area contributed by atoms with Crippen LogP contribution < -0.4 is 5.44 Å². The summed E-state index contributed by atoms with van der Waals surface area (Å²) in [4.78, 5) is 7.68. The second-order valence-corrected chi connectivity index (χ2v) is 1.72. The van der Waals surface area contributed by atoms with Crippen LogP contribution in [0.5, 0.6) is 0 Å². The molecule has 0 bridgehead atoms. The molecule has 1 aromatic rings. The fraction of sp³-hybridized carbons (Fsp3) is 0. The van der Waals surface area contributed by atoms with Crippen LogP contribution in [-0.4, -0.2) is 18.4 Å². The van der Waals surface area contributed by atoms with Crippen LogP contribution in [0.3, 0.4) is 0 Å². The Morgan fingerprint density at radius 3 is 2.38 bits per heavy atom. The van der Waals surface area contributed by atoms with Crippen LogP contribution in [0.1, 0.15) is 0 Å². The Bertz CT molecular complexity index is 144. The Hall–Kier alpha value is -0.425. The molecule has 0 aliphatic heterocycles. The van der Waals surface area contributed by atoms with Crippen molar-refractivity contribution < 1.29 is 0 Å². The molecule has 1 unspecified atom stereocenters. The molecular formula is C4H8BN2P. The van der Waals surface area contributed by atoms with Crippen LogP contribution in [0, 0.1) is 0 Å². The van der Waals surface area contributed by atoms with Crippen LogP contribution in [-0.2, 0) is 0 Å². The summed E-state index contributed by atoms with van der Waals surface area (Å²) in [5.41, 5.74) is 0.877. The number of aromatic nitrogens is 2. The third kappa shape index (κ3) is 2.03. The maximum Gasteiger partial charge on any atom is 0.0814 e. The molecule has 0 radical (unpaired) electrons. The Balaban J connectivity index is 0.000000490. The summed E-state index contributed by atoms with van der Waals surface area (Å²) in [6, 6.07) is 0. The van der Waals surface area contributed by atoms with E-state index in [1.54, 1.807) is 18.6 Å². The highest BCUT2D eigenvalue weighted by Gasteiger charge is 1.74. The average Bonchev–Trinajstić information content (AvgIpc) is 1.69. The van der Waals surface area contributed by atoms with E-state index in [1.807, 2.05) is 0 Å². The molecule has 4 heteroatoms. The molecule has 0 fully saturated rings. The monoisotopic (exact) mass is 126 g/mol. The highest BCUT2D eigenvalue weighted by Crippen LogP contribution is 1.76. The minimum Gasteiger partial charge on any atom is -0.261 e. The number of nitrogens with zero attached hydrogens (tertiary/aromatic N) is 2. The Morgan fingerprint density at radius 2 is 2.12 bits per heavy atom. The molecule has 0 amide bonds. The summed E-state index contributed by atoms with van der Waals surface area (Å²) < 4.78 is 0. The molecule has 1 heterocycles. The summed E-state index contributed by atoms with van der Waals surface area (Å²) in [6.45, 7) is 0. The van der Waals surface area contributed by atoms with Crippen molar-refractivity contribution in [1.82, 2.24) is 9.97 Å². The van der Waals surface area contributed by atoms with Gasteiger partial charge in [-0.25, -0.2) is 0 Å². The van der Waals surface area contributed by atoms with E-state index < -0.39 is 0 Å². The maximum atomic E-state index is 3.88. The lowest BCUT2D eigenvalue weighted by Gasteiger charge is -1.81. The van der Waals surface area contributed by atoms with Gasteiger partial charge in [0.2, 0.25) is 0 Å². The first-order valence-electron chi connectivity index (χ1n) is 1.91. The molecule has 0 N–H and O–H groups in total. The molecule has 0 aliphatic rings. The largest absolute Gasteiger partial charge is 0.261 e. The van der Waals surface area contributed by atoms with Gasteiger partial charge in [0.1, 0.15) is 0 Å². The fourth-order valence-corrected chi connectivity index (χ4v) is 0.483. The Morgan fingerprint density at radius 1 is 1.38 bits per heavy atom. The van der Waals surface area contributed by atoms with E-state index in [0.29, 0.717) is 0 Å². The molecule has 2 nitrogen and oxygen atoms in total. The third-order valence-electron chi connectivity index (χ3n) is 0.583. The summed E-state index contributed by atoms with van der Waals surface area (Å²) in [5.74, 6) is 0. The quantitative estimate of drug-likeness (QED) is 0.322. The second-order valence-electron chi connectivity index (χ2n) is 1.13. The van der Waals surface area contributed by atoms with Gasteiger partial charge in [0.15, 0.2) is 0 Å². The van der Waals surface area contributed by atoms with Crippen molar-refractivity contribution in [3.63, 3.8) is 0 Å². The topological polar surface area (TPSA) is 25.8 Å². The van der Waals surface area contributed by atoms with Gasteiger partial charge in [0.25, 0.3) is 0 Å². The van der Waals surface area contributed by atoms with Gasteiger partial charge in [0.05, 0.1) is 20.0 Å². The van der Waals surface area contributed by atoms with Gasteiger partial charge in [-0.3, -0.25) is 9.97 Å². The number of rotatable bonds is 0. The lowest BCUT2D eigenvalue weighted by Crippen LogP contribution is -1.94. The van der Waals surface area contributed by atoms with Crippen molar-refractivity contribution in [3.8, 4) is 0 Å². The highest BCUT2D eigenvalue weighted by atomic mass is 31.0. The van der Waals surface area contributed by atoms with E-state index in [4.69, 9.17) is 0 Å². The van der Waals surface area contributed by atoms with Gasteiger partial charge < -0.3 is 0 Å².